The van der Waals surface area contributed by atoms with Crippen molar-refractivity contribution in [3.05, 3.63) is 0 Å². The van der Waals surface area contributed by atoms with Gasteiger partial charge in [0, 0.05) is 25.9 Å². The topological polar surface area (TPSA) is 169 Å². The summed E-state index contributed by atoms with van der Waals surface area (Å²) >= 11 is 0. The molecule has 0 unspecified atom stereocenters. The number of amides is 2. The number of nitrogens with one attached hydrogen (secondary N) is 2. The molecule has 0 aliphatic carbocycles. The lowest BCUT2D eigenvalue weighted by molar-refractivity contribution is -0.935. The van der Waals surface area contributed by atoms with Gasteiger partial charge in [-0.15, -0.1) is 0 Å². The number of phosphoric acid groups is 1. The first kappa shape index (κ1) is 27.9. The summed E-state index contributed by atoms with van der Waals surface area (Å²) in [5.74, 6) is -0.229. The van der Waals surface area contributed by atoms with E-state index in [1.54, 1.807) is 0 Å². The number of carbonyl (C=O) groups is 2. The highest BCUT2D eigenvalue weighted by molar-refractivity contribution is 7.46. The zero-order valence-electron chi connectivity index (χ0n) is 18.1. The van der Waals surface area contributed by atoms with Crippen LogP contribution >= 0.6 is 7.82 Å². The van der Waals surface area contributed by atoms with Gasteiger partial charge in [-0.1, -0.05) is 0 Å². The number of nitrogens with zero attached hydrogens (tertiary/aromatic N) is 1. The van der Waals surface area contributed by atoms with E-state index in [-0.39, 0.29) is 24.8 Å². The number of rotatable bonds is 17. The number of nitrogens with two attached hydrogens (primary N) is 1. The zero-order chi connectivity index (χ0) is 23.0. The van der Waals surface area contributed by atoms with Crippen LogP contribution in [0.3, 0.4) is 0 Å². The first-order chi connectivity index (χ1) is 14.8. The molecule has 12 nitrogen and oxygen atoms in total. The van der Waals surface area contributed by atoms with Crippen LogP contribution in [-0.4, -0.2) is 105 Å². The summed E-state index contributed by atoms with van der Waals surface area (Å²) in [6.45, 7) is 5.74. The molecule has 182 valence electrons. The minimum atomic E-state index is -4.47. The summed E-state index contributed by atoms with van der Waals surface area (Å²) in [5.41, 5.74) is 5.38. The molecule has 0 saturated carbocycles. The second kappa shape index (κ2) is 15.7. The predicted molar refractivity (Wildman–Crippen MR) is 113 cm³/mol. The number of hydrogen-bond acceptors (Lipinski definition) is 7. The van der Waals surface area contributed by atoms with Crippen LogP contribution in [0.5, 0.6) is 0 Å². The Morgan fingerprint density at radius 2 is 1.61 bits per heavy atom. The minimum Gasteiger partial charge on any atom is -0.374 e. The van der Waals surface area contributed by atoms with Crippen molar-refractivity contribution >= 4 is 19.6 Å². The van der Waals surface area contributed by atoms with Gasteiger partial charge in [0.25, 0.3) is 0 Å². The molecule has 0 atom stereocenters. The fourth-order valence-electron chi connectivity index (χ4n) is 3.19. The van der Waals surface area contributed by atoms with Crippen molar-refractivity contribution in [1.29, 1.82) is 0 Å². The lowest BCUT2D eigenvalue weighted by Crippen LogP contribution is -2.58. The van der Waals surface area contributed by atoms with Crippen LogP contribution in [0.4, 0.5) is 0 Å². The van der Waals surface area contributed by atoms with E-state index in [9.17, 15) is 14.2 Å². The van der Waals surface area contributed by atoms with Crippen LogP contribution in [0.25, 0.3) is 0 Å². The van der Waals surface area contributed by atoms with Crippen LogP contribution in [0.15, 0.2) is 0 Å². The maximum Gasteiger partial charge on any atom is 0.469 e. The molecule has 1 heterocycles. The molecule has 1 aliphatic rings. The third-order valence-electron chi connectivity index (χ3n) is 5.06. The largest absolute Gasteiger partial charge is 0.469 e. The minimum absolute atomic E-state index is 0.0378. The molecule has 0 radical (unpaired) electrons. The molecule has 6 N–H and O–H groups in total. The quantitative estimate of drug-likeness (QED) is 0.0988. The van der Waals surface area contributed by atoms with Crippen molar-refractivity contribution in [3.8, 4) is 0 Å². The van der Waals surface area contributed by atoms with Gasteiger partial charge in [0.15, 0.2) is 0 Å². The second-order valence-electron chi connectivity index (χ2n) is 7.48. The summed E-state index contributed by atoms with van der Waals surface area (Å²) in [7, 11) is -4.47. The highest BCUT2D eigenvalue weighted by Crippen LogP contribution is 2.35. The monoisotopic (exact) mass is 469 g/mol. The normalized spacial score (nSPS) is 16.1. The number of carbonyl (C=O) groups excluding carboxylic acids is 2. The highest BCUT2D eigenvalue weighted by atomic mass is 31.2. The molecule has 0 aromatic rings. The maximum atomic E-state index is 11.8. The Morgan fingerprint density at radius 1 is 0.968 bits per heavy atom. The molecule has 0 bridgehead atoms. The Hall–Kier alpha value is -1.11. The fraction of sp³-hybridized carbons (Fsp3) is 0.889. The molecule has 2 amide bonds. The lowest BCUT2D eigenvalue weighted by atomic mass is 10.2. The lowest BCUT2D eigenvalue weighted by Gasteiger charge is -2.41. The molecule has 1 fully saturated rings. The molecular weight excluding hydrogens is 431 g/mol. The van der Waals surface area contributed by atoms with Gasteiger partial charge >= 0.3 is 7.82 Å². The Balaban J connectivity index is 2.12. The summed E-state index contributed by atoms with van der Waals surface area (Å²) in [6.07, 6.45) is 2.19. The average molecular weight is 469 g/mol. The molecule has 0 aromatic carbocycles. The number of ether oxygens (including phenoxy) is 2. The van der Waals surface area contributed by atoms with Crippen LogP contribution in [0.2, 0.25) is 0 Å². The summed E-state index contributed by atoms with van der Waals surface area (Å²) < 4.78 is 27.1. The standard InChI is InChI=1S/C18H37N4O8P/c19-5-2-1-3-17(23)20-6-4-18(24)21-7-12-28-13-8-22(9-14-29-15-10-22)11-16-30-31(25,26)27/h1-16,19H2,(H3-,20,21,23,24,25,26,27)/p+1. The van der Waals surface area contributed by atoms with Crippen LogP contribution < -0.4 is 16.4 Å². The van der Waals surface area contributed by atoms with E-state index in [0.29, 0.717) is 70.1 Å². The summed E-state index contributed by atoms with van der Waals surface area (Å²) in [5, 5.41) is 5.45. The molecular formula is C18H38N4O8P+. The molecule has 1 aliphatic heterocycles. The van der Waals surface area contributed by atoms with Gasteiger partial charge in [-0.3, -0.25) is 14.1 Å². The SMILES string of the molecule is NCCCCC(=O)NCCC(=O)NCCOCC[N+]1(CCOP(=O)(O)O)CCOCC1. The number of hydrogen-bond donors (Lipinski definition) is 5. The predicted octanol–water partition coefficient (Wildman–Crippen LogP) is -1.29. The first-order valence-corrected chi connectivity index (χ1v) is 12.2. The number of quaternary nitrogens is 1. The molecule has 1 rings (SSSR count). The van der Waals surface area contributed by atoms with Gasteiger partial charge in [-0.05, 0) is 19.4 Å². The smallest absolute Gasteiger partial charge is 0.374 e. The van der Waals surface area contributed by atoms with Crippen molar-refractivity contribution in [2.75, 3.05) is 78.8 Å². The molecule has 1 saturated heterocycles. The molecule has 13 heteroatoms. The van der Waals surface area contributed by atoms with Gasteiger partial charge < -0.3 is 40.1 Å². The maximum absolute atomic E-state index is 11.8. The van der Waals surface area contributed by atoms with Crippen LogP contribution in [-0.2, 0) is 28.2 Å². The van der Waals surface area contributed by atoms with Gasteiger partial charge in [0.2, 0.25) is 11.8 Å². The number of morpholine rings is 1. The van der Waals surface area contributed by atoms with Crippen molar-refractivity contribution in [2.24, 2.45) is 5.73 Å². The van der Waals surface area contributed by atoms with E-state index in [1.165, 1.54) is 0 Å². The molecule has 31 heavy (non-hydrogen) atoms. The van der Waals surface area contributed by atoms with E-state index in [4.69, 9.17) is 25.0 Å². The zero-order valence-corrected chi connectivity index (χ0v) is 19.0. The fourth-order valence-corrected chi connectivity index (χ4v) is 3.51. The van der Waals surface area contributed by atoms with Crippen molar-refractivity contribution in [2.45, 2.75) is 25.7 Å². The first-order valence-electron chi connectivity index (χ1n) is 10.7. The Bertz CT molecular complexity index is 569. The van der Waals surface area contributed by atoms with E-state index in [1.807, 2.05) is 0 Å². The Kier molecular flexibility index (Phi) is 14.1. The molecule has 0 aromatic heterocycles. The van der Waals surface area contributed by atoms with Gasteiger partial charge in [0.1, 0.15) is 32.8 Å². The van der Waals surface area contributed by atoms with Crippen LogP contribution in [0, 0.1) is 0 Å². The molecule has 0 spiro atoms. The Labute approximate surface area is 183 Å². The Morgan fingerprint density at radius 3 is 2.29 bits per heavy atom. The average Bonchev–Trinajstić information content (AvgIpc) is 2.70. The van der Waals surface area contributed by atoms with Crippen LogP contribution in [0.1, 0.15) is 25.7 Å². The second-order valence-corrected chi connectivity index (χ2v) is 8.72. The van der Waals surface area contributed by atoms with E-state index in [2.05, 4.69) is 15.2 Å². The van der Waals surface area contributed by atoms with Gasteiger partial charge in [-0.25, -0.2) is 4.57 Å². The summed E-state index contributed by atoms with van der Waals surface area (Å²) in [6, 6.07) is 0. The third-order valence-corrected chi connectivity index (χ3v) is 5.57. The van der Waals surface area contributed by atoms with Crippen molar-refractivity contribution in [3.63, 3.8) is 0 Å². The number of phosphoric ester groups is 1. The van der Waals surface area contributed by atoms with Gasteiger partial charge in [-0.2, -0.15) is 0 Å². The van der Waals surface area contributed by atoms with Crippen molar-refractivity contribution in [1.82, 2.24) is 10.6 Å². The van der Waals surface area contributed by atoms with E-state index in [0.717, 1.165) is 25.9 Å². The highest BCUT2D eigenvalue weighted by Gasteiger charge is 2.31. The van der Waals surface area contributed by atoms with E-state index < -0.39 is 7.82 Å². The van der Waals surface area contributed by atoms with E-state index >= 15 is 0 Å². The van der Waals surface area contributed by atoms with Gasteiger partial charge in [0.05, 0.1) is 26.4 Å². The third kappa shape index (κ3) is 14.6. The summed E-state index contributed by atoms with van der Waals surface area (Å²) in [4.78, 5) is 41.0. The number of unbranched alkanes of at least 4 members (excludes halogenated alkanes) is 1. The van der Waals surface area contributed by atoms with Crippen molar-refractivity contribution < 1.29 is 42.4 Å².